The molecule has 0 heterocycles. The second kappa shape index (κ2) is 5.06. The zero-order valence-electron chi connectivity index (χ0n) is 6.32. The number of hydrogen-bond donors (Lipinski definition) is 4. The molecule has 0 saturated heterocycles. The smallest absolute Gasteiger partial charge is 0.248 e. The van der Waals surface area contributed by atoms with E-state index in [1.807, 2.05) is 0 Å². The number of carbonyl (C=O) groups excluding carboxylic acids is 1. The van der Waals surface area contributed by atoms with Gasteiger partial charge in [-0.2, -0.15) is 0 Å². The van der Waals surface area contributed by atoms with Crippen molar-refractivity contribution < 1.29 is 20.1 Å². The van der Waals surface area contributed by atoms with Crippen LogP contribution >= 0.6 is 0 Å². The predicted molar refractivity (Wildman–Crippen MR) is 37.8 cm³/mol. The average molecular weight is 163 g/mol. The van der Waals surface area contributed by atoms with Crippen LogP contribution in [-0.4, -0.2) is 46.6 Å². The van der Waals surface area contributed by atoms with Crippen molar-refractivity contribution in [2.75, 3.05) is 13.2 Å². The first-order valence-electron chi connectivity index (χ1n) is 3.32. The summed E-state index contributed by atoms with van der Waals surface area (Å²) in [4.78, 5) is 10.6. The Bertz CT molecular complexity index is 126. The van der Waals surface area contributed by atoms with Gasteiger partial charge in [0.25, 0.3) is 0 Å². The Morgan fingerprint density at radius 1 is 1.55 bits per heavy atom. The van der Waals surface area contributed by atoms with Crippen LogP contribution in [0.25, 0.3) is 0 Å². The monoisotopic (exact) mass is 163 g/mol. The molecule has 0 aromatic heterocycles. The minimum Gasteiger partial charge on any atom is -0.394 e. The molecule has 0 aliphatic rings. The SMILES string of the molecule is CC(O)C(=O)NC[C@H](O)CO. The number of rotatable bonds is 4. The first-order chi connectivity index (χ1) is 5.07. The van der Waals surface area contributed by atoms with E-state index in [0.717, 1.165) is 0 Å². The highest BCUT2D eigenvalue weighted by Gasteiger charge is 2.09. The Balaban J connectivity index is 3.46. The lowest BCUT2D eigenvalue weighted by Gasteiger charge is -2.09. The van der Waals surface area contributed by atoms with Gasteiger partial charge in [0.1, 0.15) is 6.10 Å². The van der Waals surface area contributed by atoms with Gasteiger partial charge in [0.2, 0.25) is 5.91 Å². The maximum atomic E-state index is 10.6. The molecule has 1 unspecified atom stereocenters. The Kier molecular flexibility index (Phi) is 4.76. The molecule has 0 aliphatic heterocycles. The molecule has 0 aromatic rings. The first kappa shape index (κ1) is 10.3. The number of hydrogen-bond acceptors (Lipinski definition) is 4. The molecule has 0 aromatic carbocycles. The molecule has 66 valence electrons. The fraction of sp³-hybridized carbons (Fsp3) is 0.833. The molecule has 1 amide bonds. The number of aliphatic hydroxyl groups excluding tert-OH is 3. The molecule has 0 radical (unpaired) electrons. The van der Waals surface area contributed by atoms with Crippen molar-refractivity contribution in [1.29, 1.82) is 0 Å². The first-order valence-corrected chi connectivity index (χ1v) is 3.32. The van der Waals surface area contributed by atoms with Crippen LogP contribution in [0.1, 0.15) is 6.92 Å². The molecular weight excluding hydrogens is 150 g/mol. The summed E-state index contributed by atoms with van der Waals surface area (Å²) >= 11 is 0. The number of aliphatic hydroxyl groups is 3. The van der Waals surface area contributed by atoms with Crippen LogP contribution in [0.5, 0.6) is 0 Å². The van der Waals surface area contributed by atoms with Crippen LogP contribution in [0.2, 0.25) is 0 Å². The lowest BCUT2D eigenvalue weighted by molar-refractivity contribution is -0.129. The lowest BCUT2D eigenvalue weighted by Crippen LogP contribution is -2.38. The third-order valence-electron chi connectivity index (χ3n) is 1.10. The summed E-state index contributed by atoms with van der Waals surface area (Å²) in [6, 6.07) is 0. The molecule has 0 aliphatic carbocycles. The van der Waals surface area contributed by atoms with Crippen molar-refractivity contribution in [3.63, 3.8) is 0 Å². The van der Waals surface area contributed by atoms with Gasteiger partial charge in [-0.15, -0.1) is 0 Å². The molecule has 5 heteroatoms. The fourth-order valence-electron chi connectivity index (χ4n) is 0.431. The van der Waals surface area contributed by atoms with E-state index in [-0.39, 0.29) is 6.54 Å². The average Bonchev–Trinajstić information content (AvgIpc) is 1.99. The van der Waals surface area contributed by atoms with Crippen LogP contribution < -0.4 is 5.32 Å². The van der Waals surface area contributed by atoms with Gasteiger partial charge in [0, 0.05) is 6.54 Å². The summed E-state index contributed by atoms with van der Waals surface area (Å²) in [5, 5.41) is 27.9. The van der Waals surface area contributed by atoms with Gasteiger partial charge in [-0.1, -0.05) is 0 Å². The van der Waals surface area contributed by atoms with Gasteiger partial charge >= 0.3 is 0 Å². The molecule has 0 rings (SSSR count). The van der Waals surface area contributed by atoms with Crippen LogP contribution in [0.15, 0.2) is 0 Å². The highest BCUT2D eigenvalue weighted by Crippen LogP contribution is 1.81. The van der Waals surface area contributed by atoms with Crippen LogP contribution in [0.3, 0.4) is 0 Å². The number of nitrogens with one attached hydrogen (secondary N) is 1. The highest BCUT2D eigenvalue weighted by atomic mass is 16.3. The van der Waals surface area contributed by atoms with E-state index < -0.39 is 24.7 Å². The number of amides is 1. The summed E-state index contributed by atoms with van der Waals surface area (Å²) in [6.45, 7) is 0.876. The Morgan fingerprint density at radius 3 is 2.45 bits per heavy atom. The largest absolute Gasteiger partial charge is 0.394 e. The molecule has 2 atom stereocenters. The van der Waals surface area contributed by atoms with Gasteiger partial charge in [-0.25, -0.2) is 0 Å². The van der Waals surface area contributed by atoms with E-state index in [0.29, 0.717) is 0 Å². The third-order valence-corrected chi connectivity index (χ3v) is 1.10. The molecule has 4 N–H and O–H groups in total. The minimum absolute atomic E-state index is 0.0414. The van der Waals surface area contributed by atoms with E-state index in [1.54, 1.807) is 0 Å². The Hall–Kier alpha value is -0.650. The van der Waals surface area contributed by atoms with Crippen molar-refractivity contribution in [3.05, 3.63) is 0 Å². The summed E-state index contributed by atoms with van der Waals surface area (Å²) in [5.74, 6) is -0.558. The van der Waals surface area contributed by atoms with E-state index in [2.05, 4.69) is 5.32 Å². The summed E-state index contributed by atoms with van der Waals surface area (Å²) in [7, 11) is 0. The van der Waals surface area contributed by atoms with Crippen molar-refractivity contribution >= 4 is 5.91 Å². The molecule has 0 saturated carbocycles. The van der Waals surface area contributed by atoms with Gasteiger partial charge in [-0.3, -0.25) is 4.79 Å². The van der Waals surface area contributed by atoms with Gasteiger partial charge in [0.05, 0.1) is 12.7 Å². The van der Waals surface area contributed by atoms with Gasteiger partial charge in [-0.05, 0) is 6.92 Å². The normalized spacial score (nSPS) is 15.6. The van der Waals surface area contributed by atoms with Crippen LogP contribution in [0.4, 0.5) is 0 Å². The summed E-state index contributed by atoms with van der Waals surface area (Å²) < 4.78 is 0. The highest BCUT2D eigenvalue weighted by molar-refractivity contribution is 5.79. The molecule has 11 heavy (non-hydrogen) atoms. The van der Waals surface area contributed by atoms with Crippen molar-refractivity contribution in [2.45, 2.75) is 19.1 Å². The zero-order valence-corrected chi connectivity index (χ0v) is 6.32. The van der Waals surface area contributed by atoms with E-state index >= 15 is 0 Å². The topological polar surface area (TPSA) is 89.8 Å². The van der Waals surface area contributed by atoms with Gasteiger partial charge in [0.15, 0.2) is 0 Å². The summed E-state index contributed by atoms with van der Waals surface area (Å²) in [6.07, 6.45) is -2.04. The minimum atomic E-state index is -1.08. The lowest BCUT2D eigenvalue weighted by atomic mass is 10.3. The molecular formula is C6H13NO4. The zero-order chi connectivity index (χ0) is 8.85. The molecule has 0 bridgehead atoms. The van der Waals surface area contributed by atoms with E-state index in [9.17, 15) is 4.79 Å². The molecule has 0 fully saturated rings. The third kappa shape index (κ3) is 4.72. The predicted octanol–water partition coefficient (Wildman–Crippen LogP) is -2.16. The van der Waals surface area contributed by atoms with E-state index in [4.69, 9.17) is 15.3 Å². The second-order valence-corrected chi connectivity index (χ2v) is 2.26. The van der Waals surface area contributed by atoms with Crippen molar-refractivity contribution in [3.8, 4) is 0 Å². The molecule has 5 nitrogen and oxygen atoms in total. The maximum Gasteiger partial charge on any atom is 0.248 e. The Morgan fingerprint density at radius 2 is 2.09 bits per heavy atom. The summed E-state index contributed by atoms with van der Waals surface area (Å²) in [5.41, 5.74) is 0. The quantitative estimate of drug-likeness (QED) is 0.380. The van der Waals surface area contributed by atoms with Gasteiger partial charge < -0.3 is 20.6 Å². The number of carbonyl (C=O) groups is 1. The fourth-order valence-corrected chi connectivity index (χ4v) is 0.431. The Labute approximate surface area is 64.7 Å². The van der Waals surface area contributed by atoms with Crippen molar-refractivity contribution in [1.82, 2.24) is 5.32 Å². The molecule has 0 spiro atoms. The standard InChI is InChI=1S/C6H13NO4/c1-4(9)6(11)7-2-5(10)3-8/h4-5,8-10H,2-3H2,1H3,(H,7,11)/t4?,5-/m0/s1. The van der Waals surface area contributed by atoms with Crippen LogP contribution in [0, 0.1) is 0 Å². The van der Waals surface area contributed by atoms with E-state index in [1.165, 1.54) is 6.92 Å². The van der Waals surface area contributed by atoms with Crippen molar-refractivity contribution in [2.24, 2.45) is 0 Å². The maximum absolute atomic E-state index is 10.6. The van der Waals surface area contributed by atoms with Crippen LogP contribution in [-0.2, 0) is 4.79 Å². The second-order valence-electron chi connectivity index (χ2n) is 2.26.